The number of rotatable bonds is 5. The van der Waals surface area contributed by atoms with Crippen LogP contribution in [0.3, 0.4) is 0 Å². The van der Waals surface area contributed by atoms with Crippen molar-refractivity contribution < 1.29 is 14.3 Å². The van der Waals surface area contributed by atoms with E-state index in [2.05, 4.69) is 10.6 Å². The van der Waals surface area contributed by atoms with Crippen LogP contribution in [0, 0.1) is 0 Å². The van der Waals surface area contributed by atoms with E-state index in [1.54, 1.807) is 31.2 Å². The number of nitrogens with one attached hydrogen (secondary N) is 2. The predicted octanol–water partition coefficient (Wildman–Crippen LogP) is 3.03. The topological polar surface area (TPSA) is 77.7 Å². The number of furan rings is 1. The van der Waals surface area contributed by atoms with Crippen LogP contribution in [0.2, 0.25) is 5.02 Å². The van der Waals surface area contributed by atoms with Crippen molar-refractivity contribution in [3.8, 4) is 0 Å². The number of amides is 2. The Balaban J connectivity index is 1.94. The summed E-state index contributed by atoms with van der Waals surface area (Å²) in [5, 5.41) is 16.1. The van der Waals surface area contributed by atoms with Gasteiger partial charge in [-0.1, -0.05) is 11.6 Å². The second-order valence-electron chi connectivity index (χ2n) is 5.62. The number of nitrogens with zero attached hydrogens (tertiary/aromatic N) is 1. The van der Waals surface area contributed by atoms with Crippen LogP contribution >= 0.6 is 11.6 Å². The van der Waals surface area contributed by atoms with Gasteiger partial charge in [0.25, 0.3) is 0 Å². The van der Waals surface area contributed by atoms with Gasteiger partial charge in [-0.3, -0.25) is 0 Å². The van der Waals surface area contributed by atoms with Gasteiger partial charge < -0.3 is 25.1 Å². The molecule has 2 aromatic rings. The number of hydrogen-bond donors (Lipinski definition) is 3. The maximum absolute atomic E-state index is 11.9. The molecule has 3 N–H and O–H groups in total. The van der Waals surface area contributed by atoms with Gasteiger partial charge in [0.05, 0.1) is 23.5 Å². The van der Waals surface area contributed by atoms with E-state index in [9.17, 15) is 9.90 Å². The van der Waals surface area contributed by atoms with Crippen LogP contribution in [-0.2, 0) is 5.60 Å². The number of benzene rings is 1. The largest absolute Gasteiger partial charge is 0.466 e. The first kappa shape index (κ1) is 17.2. The fraction of sp³-hybridized carbons (Fsp3) is 0.312. The third kappa shape index (κ3) is 4.40. The summed E-state index contributed by atoms with van der Waals surface area (Å²) in [7, 11) is 3.77. The van der Waals surface area contributed by atoms with Gasteiger partial charge in [-0.15, -0.1) is 0 Å². The third-order valence-electron chi connectivity index (χ3n) is 3.33. The van der Waals surface area contributed by atoms with Gasteiger partial charge in [-0.2, -0.15) is 0 Å². The molecule has 1 aromatic heterocycles. The molecule has 23 heavy (non-hydrogen) atoms. The lowest BCUT2D eigenvalue weighted by molar-refractivity contribution is 0.0372. The molecule has 0 saturated heterocycles. The monoisotopic (exact) mass is 337 g/mol. The number of carbonyl (C=O) groups excluding carboxylic acids is 1. The minimum atomic E-state index is -1.28. The van der Waals surface area contributed by atoms with Crippen LogP contribution in [0.25, 0.3) is 0 Å². The number of carbonyl (C=O) groups is 1. The highest BCUT2D eigenvalue weighted by Crippen LogP contribution is 2.27. The van der Waals surface area contributed by atoms with E-state index in [1.807, 2.05) is 25.1 Å². The molecular weight excluding hydrogens is 318 g/mol. The standard InChI is InChI=1S/C16H20ClN3O3/c1-16(22,14-5-4-8-23-14)10-18-15(21)19-11-6-7-13(20(2)3)12(17)9-11/h4-9,22H,10H2,1-3H3,(H2,18,19,21). The van der Waals surface area contributed by atoms with Crippen LogP contribution in [0.5, 0.6) is 0 Å². The van der Waals surface area contributed by atoms with Gasteiger partial charge in [0.15, 0.2) is 0 Å². The van der Waals surface area contributed by atoms with Gasteiger partial charge in [0.1, 0.15) is 11.4 Å². The Morgan fingerprint density at radius 2 is 2.13 bits per heavy atom. The van der Waals surface area contributed by atoms with E-state index >= 15 is 0 Å². The average Bonchev–Trinajstić information content (AvgIpc) is 3.00. The first-order chi connectivity index (χ1) is 10.8. The van der Waals surface area contributed by atoms with E-state index in [-0.39, 0.29) is 6.54 Å². The minimum absolute atomic E-state index is 0.00978. The highest BCUT2D eigenvalue weighted by Gasteiger charge is 2.26. The first-order valence-corrected chi connectivity index (χ1v) is 7.45. The Kier molecular flexibility index (Phi) is 5.18. The summed E-state index contributed by atoms with van der Waals surface area (Å²) in [4.78, 5) is 13.8. The SMILES string of the molecule is CN(C)c1ccc(NC(=O)NCC(C)(O)c2ccco2)cc1Cl. The quantitative estimate of drug-likeness (QED) is 0.783. The van der Waals surface area contributed by atoms with Crippen LogP contribution in [0.1, 0.15) is 12.7 Å². The maximum Gasteiger partial charge on any atom is 0.319 e. The zero-order chi connectivity index (χ0) is 17.0. The molecule has 0 aliphatic heterocycles. The lowest BCUT2D eigenvalue weighted by Gasteiger charge is -2.21. The molecule has 2 rings (SSSR count). The second-order valence-corrected chi connectivity index (χ2v) is 6.03. The number of hydrogen-bond acceptors (Lipinski definition) is 4. The molecule has 0 fully saturated rings. The summed E-state index contributed by atoms with van der Waals surface area (Å²) in [6, 6.07) is 8.13. The smallest absolute Gasteiger partial charge is 0.319 e. The molecule has 1 heterocycles. The highest BCUT2D eigenvalue weighted by atomic mass is 35.5. The van der Waals surface area contributed by atoms with E-state index in [0.717, 1.165) is 5.69 Å². The summed E-state index contributed by atoms with van der Waals surface area (Å²) in [5.41, 5.74) is 0.141. The van der Waals surface area contributed by atoms with Gasteiger partial charge in [-0.05, 0) is 37.3 Å². The van der Waals surface area contributed by atoms with E-state index in [0.29, 0.717) is 16.5 Å². The Morgan fingerprint density at radius 1 is 1.39 bits per heavy atom. The molecule has 0 saturated carbocycles. The van der Waals surface area contributed by atoms with Crippen molar-refractivity contribution in [3.63, 3.8) is 0 Å². The number of anilines is 2. The van der Waals surface area contributed by atoms with Crippen molar-refractivity contribution in [2.45, 2.75) is 12.5 Å². The minimum Gasteiger partial charge on any atom is -0.466 e. The zero-order valence-electron chi connectivity index (χ0n) is 13.3. The molecule has 6 nitrogen and oxygen atoms in total. The molecule has 124 valence electrons. The lowest BCUT2D eigenvalue weighted by Crippen LogP contribution is -2.40. The zero-order valence-corrected chi connectivity index (χ0v) is 14.0. The van der Waals surface area contributed by atoms with Crippen molar-refractivity contribution in [2.75, 3.05) is 30.9 Å². The molecule has 2 amide bonds. The fourth-order valence-corrected chi connectivity index (χ4v) is 2.40. The van der Waals surface area contributed by atoms with Crippen molar-refractivity contribution in [3.05, 3.63) is 47.4 Å². The molecule has 1 atom stereocenters. The predicted molar refractivity (Wildman–Crippen MR) is 91.1 cm³/mol. The number of urea groups is 1. The van der Waals surface area contributed by atoms with Crippen molar-refractivity contribution in [1.82, 2.24) is 5.32 Å². The van der Waals surface area contributed by atoms with Gasteiger partial charge in [-0.25, -0.2) is 4.79 Å². The molecule has 0 aliphatic rings. The molecular formula is C16H20ClN3O3. The molecule has 0 radical (unpaired) electrons. The summed E-state index contributed by atoms with van der Waals surface area (Å²) < 4.78 is 5.16. The van der Waals surface area contributed by atoms with Crippen LogP contribution in [-0.4, -0.2) is 31.8 Å². The average molecular weight is 338 g/mol. The number of halogens is 1. The highest BCUT2D eigenvalue weighted by molar-refractivity contribution is 6.33. The lowest BCUT2D eigenvalue weighted by atomic mass is 10.0. The second kappa shape index (κ2) is 6.93. The van der Waals surface area contributed by atoms with Crippen molar-refractivity contribution in [1.29, 1.82) is 0 Å². The van der Waals surface area contributed by atoms with Crippen molar-refractivity contribution >= 4 is 29.0 Å². The Bertz CT molecular complexity index is 669. The normalized spacial score (nSPS) is 13.3. The van der Waals surface area contributed by atoms with E-state index in [4.69, 9.17) is 16.0 Å². The third-order valence-corrected chi connectivity index (χ3v) is 3.64. The molecule has 1 aromatic carbocycles. The molecule has 0 spiro atoms. The first-order valence-electron chi connectivity index (χ1n) is 7.08. The molecule has 7 heteroatoms. The van der Waals surface area contributed by atoms with Gasteiger partial charge in [0, 0.05) is 19.8 Å². The Morgan fingerprint density at radius 3 is 2.70 bits per heavy atom. The van der Waals surface area contributed by atoms with E-state index in [1.165, 1.54) is 6.26 Å². The van der Waals surface area contributed by atoms with Crippen LogP contribution in [0.4, 0.5) is 16.2 Å². The molecule has 0 bridgehead atoms. The maximum atomic E-state index is 11.9. The number of aliphatic hydroxyl groups is 1. The Labute approximate surface area is 140 Å². The summed E-state index contributed by atoms with van der Waals surface area (Å²) in [6.07, 6.45) is 1.47. The van der Waals surface area contributed by atoms with Crippen LogP contribution < -0.4 is 15.5 Å². The molecule has 0 aliphatic carbocycles. The Hall–Kier alpha value is -2.18. The fourth-order valence-electron chi connectivity index (χ4n) is 2.05. The summed E-state index contributed by atoms with van der Waals surface area (Å²) in [6.45, 7) is 1.57. The van der Waals surface area contributed by atoms with Gasteiger partial charge >= 0.3 is 6.03 Å². The van der Waals surface area contributed by atoms with Gasteiger partial charge in [0.2, 0.25) is 0 Å². The molecule has 1 unspecified atom stereocenters. The summed E-state index contributed by atoms with van der Waals surface area (Å²) >= 11 is 6.16. The van der Waals surface area contributed by atoms with Crippen molar-refractivity contribution in [2.24, 2.45) is 0 Å². The van der Waals surface area contributed by atoms with E-state index < -0.39 is 11.6 Å². The summed E-state index contributed by atoms with van der Waals surface area (Å²) in [5.74, 6) is 0.385. The van der Waals surface area contributed by atoms with Crippen LogP contribution in [0.15, 0.2) is 41.0 Å².